The van der Waals surface area contributed by atoms with Gasteiger partial charge in [0.15, 0.2) is 11.5 Å². The maximum absolute atomic E-state index is 12.6. The molecule has 1 atom stereocenters. The van der Waals surface area contributed by atoms with E-state index >= 15 is 0 Å². The van der Waals surface area contributed by atoms with Crippen molar-refractivity contribution in [3.8, 4) is 11.5 Å². The summed E-state index contributed by atoms with van der Waals surface area (Å²) in [6.07, 6.45) is 1.12. The van der Waals surface area contributed by atoms with Gasteiger partial charge in [-0.25, -0.2) is 4.79 Å². The minimum atomic E-state index is -0.365. The molecule has 2 aliphatic heterocycles. The lowest BCUT2D eigenvalue weighted by atomic mass is 9.99. The third-order valence-corrected chi connectivity index (χ3v) is 5.93. The second-order valence-electron chi connectivity index (χ2n) is 7.91. The highest BCUT2D eigenvalue weighted by atomic mass is 16.6. The van der Waals surface area contributed by atoms with Gasteiger partial charge in [-0.15, -0.1) is 0 Å². The number of rotatable bonds is 5. The number of anilines is 1. The molecule has 5 nitrogen and oxygen atoms in total. The molecule has 2 heterocycles. The zero-order valence-corrected chi connectivity index (χ0v) is 17.3. The number of hydrogen-bond donors (Lipinski definition) is 0. The molecule has 0 saturated carbocycles. The van der Waals surface area contributed by atoms with Crippen LogP contribution in [0, 0.1) is 0 Å². The van der Waals surface area contributed by atoms with Crippen LogP contribution >= 0.6 is 0 Å². The van der Waals surface area contributed by atoms with E-state index in [1.54, 1.807) is 18.2 Å². The summed E-state index contributed by atoms with van der Waals surface area (Å²) in [4.78, 5) is 15.0. The van der Waals surface area contributed by atoms with Gasteiger partial charge in [0.1, 0.15) is 19.8 Å². The summed E-state index contributed by atoms with van der Waals surface area (Å²) in [5, 5.41) is 0. The van der Waals surface area contributed by atoms with Gasteiger partial charge in [-0.1, -0.05) is 48.5 Å². The van der Waals surface area contributed by atoms with Gasteiger partial charge in [-0.3, -0.25) is 0 Å². The third kappa shape index (κ3) is 4.22. The van der Waals surface area contributed by atoms with Crippen molar-refractivity contribution in [1.29, 1.82) is 0 Å². The van der Waals surface area contributed by atoms with E-state index in [1.165, 1.54) is 5.56 Å². The fourth-order valence-electron chi connectivity index (χ4n) is 4.31. The normalized spacial score (nSPS) is 17.4. The number of benzene rings is 3. The molecule has 2 aliphatic rings. The van der Waals surface area contributed by atoms with Crippen LogP contribution in [0.2, 0.25) is 0 Å². The molecule has 158 valence electrons. The Morgan fingerprint density at radius 1 is 0.935 bits per heavy atom. The van der Waals surface area contributed by atoms with Gasteiger partial charge in [0, 0.05) is 30.3 Å². The maximum atomic E-state index is 12.6. The van der Waals surface area contributed by atoms with Gasteiger partial charge in [-0.05, 0) is 36.2 Å². The van der Waals surface area contributed by atoms with Gasteiger partial charge in [0.05, 0.1) is 5.56 Å². The van der Waals surface area contributed by atoms with Crippen LogP contribution < -0.4 is 14.4 Å². The second-order valence-corrected chi connectivity index (χ2v) is 7.91. The van der Waals surface area contributed by atoms with E-state index in [0.717, 1.165) is 30.8 Å². The zero-order chi connectivity index (χ0) is 21.0. The summed E-state index contributed by atoms with van der Waals surface area (Å²) in [5.41, 5.74) is 4.00. The number of para-hydroxylation sites is 1. The molecule has 5 rings (SSSR count). The van der Waals surface area contributed by atoms with Crippen LogP contribution in [-0.4, -0.2) is 32.3 Å². The molecule has 0 amide bonds. The van der Waals surface area contributed by atoms with Crippen LogP contribution in [0.1, 0.15) is 33.8 Å². The molecular weight excluding hydrogens is 390 g/mol. The first-order valence-corrected chi connectivity index (χ1v) is 10.7. The molecule has 3 aromatic carbocycles. The van der Waals surface area contributed by atoms with Crippen LogP contribution in [0.25, 0.3) is 0 Å². The number of carbonyl (C=O) groups is 1. The van der Waals surface area contributed by atoms with Crippen molar-refractivity contribution >= 4 is 11.7 Å². The molecular formula is C26H25NO4. The summed E-state index contributed by atoms with van der Waals surface area (Å²) in [6, 6.07) is 24.0. The Labute approximate surface area is 182 Å². The Kier molecular flexibility index (Phi) is 5.48. The van der Waals surface area contributed by atoms with Crippen LogP contribution in [0.4, 0.5) is 5.69 Å². The standard InChI is InChI=1S/C26H25NO4/c28-26(20-10-11-24-25(16-20)30-15-14-29-24)31-18-22-8-4-5-9-23(22)27-13-12-21(17-27)19-6-2-1-3-7-19/h1-11,16,21H,12-15,17-18H2. The number of hydrogen-bond acceptors (Lipinski definition) is 5. The molecule has 3 aromatic rings. The predicted molar refractivity (Wildman–Crippen MR) is 119 cm³/mol. The maximum Gasteiger partial charge on any atom is 0.338 e. The lowest BCUT2D eigenvalue weighted by molar-refractivity contribution is 0.0472. The van der Waals surface area contributed by atoms with Crippen LogP contribution in [-0.2, 0) is 11.3 Å². The minimum Gasteiger partial charge on any atom is -0.486 e. The molecule has 5 heteroatoms. The first-order valence-electron chi connectivity index (χ1n) is 10.7. The molecule has 0 bridgehead atoms. The van der Waals surface area contributed by atoms with Crippen molar-refractivity contribution in [3.63, 3.8) is 0 Å². The van der Waals surface area contributed by atoms with E-state index in [4.69, 9.17) is 14.2 Å². The van der Waals surface area contributed by atoms with Gasteiger partial charge in [-0.2, -0.15) is 0 Å². The molecule has 1 saturated heterocycles. The van der Waals surface area contributed by atoms with Crippen molar-refractivity contribution in [1.82, 2.24) is 0 Å². The number of ether oxygens (including phenoxy) is 3. The summed E-state index contributed by atoms with van der Waals surface area (Å²) in [7, 11) is 0. The molecule has 31 heavy (non-hydrogen) atoms. The highest BCUT2D eigenvalue weighted by Gasteiger charge is 2.25. The Balaban J connectivity index is 1.26. The van der Waals surface area contributed by atoms with Gasteiger partial charge in [0.25, 0.3) is 0 Å². The zero-order valence-electron chi connectivity index (χ0n) is 17.3. The highest BCUT2D eigenvalue weighted by molar-refractivity contribution is 5.90. The van der Waals surface area contributed by atoms with E-state index in [2.05, 4.69) is 41.3 Å². The van der Waals surface area contributed by atoms with Crippen LogP contribution in [0.5, 0.6) is 11.5 Å². The fourth-order valence-corrected chi connectivity index (χ4v) is 4.31. The first kappa shape index (κ1) is 19.5. The lowest BCUT2D eigenvalue weighted by Gasteiger charge is -2.22. The monoisotopic (exact) mass is 415 g/mol. The Morgan fingerprint density at radius 3 is 2.58 bits per heavy atom. The van der Waals surface area contributed by atoms with Crippen LogP contribution in [0.3, 0.4) is 0 Å². The summed E-state index contributed by atoms with van der Waals surface area (Å²) < 4.78 is 16.7. The summed E-state index contributed by atoms with van der Waals surface area (Å²) in [6.45, 7) is 3.20. The van der Waals surface area contributed by atoms with Gasteiger partial charge >= 0.3 is 5.97 Å². The number of carbonyl (C=O) groups excluding carboxylic acids is 1. The lowest BCUT2D eigenvalue weighted by Crippen LogP contribution is -2.21. The first-order chi connectivity index (χ1) is 15.3. The Hall–Kier alpha value is -3.47. The van der Waals surface area contributed by atoms with Crippen molar-refractivity contribution in [2.45, 2.75) is 18.9 Å². The van der Waals surface area contributed by atoms with Crippen molar-refractivity contribution in [2.24, 2.45) is 0 Å². The summed E-state index contributed by atoms with van der Waals surface area (Å²) >= 11 is 0. The minimum absolute atomic E-state index is 0.232. The van der Waals surface area contributed by atoms with E-state index in [9.17, 15) is 4.79 Å². The molecule has 1 unspecified atom stereocenters. The molecule has 0 aromatic heterocycles. The third-order valence-electron chi connectivity index (χ3n) is 5.93. The van der Waals surface area contributed by atoms with E-state index in [1.807, 2.05) is 18.2 Å². The average molecular weight is 415 g/mol. The fraction of sp³-hybridized carbons (Fsp3) is 0.269. The van der Waals surface area contributed by atoms with E-state index < -0.39 is 0 Å². The number of esters is 1. The van der Waals surface area contributed by atoms with Gasteiger partial charge in [0.2, 0.25) is 0 Å². The largest absolute Gasteiger partial charge is 0.486 e. The van der Waals surface area contributed by atoms with Crippen molar-refractivity contribution in [3.05, 3.63) is 89.5 Å². The Morgan fingerprint density at radius 2 is 1.71 bits per heavy atom. The van der Waals surface area contributed by atoms with Crippen LogP contribution in [0.15, 0.2) is 72.8 Å². The van der Waals surface area contributed by atoms with Gasteiger partial charge < -0.3 is 19.1 Å². The van der Waals surface area contributed by atoms with E-state index in [-0.39, 0.29) is 12.6 Å². The smallest absolute Gasteiger partial charge is 0.338 e. The van der Waals surface area contributed by atoms with E-state index in [0.29, 0.717) is 36.2 Å². The molecule has 0 N–H and O–H groups in total. The SMILES string of the molecule is O=C(OCc1ccccc1N1CCC(c2ccccc2)C1)c1ccc2c(c1)OCCO2. The predicted octanol–water partition coefficient (Wildman–Crippen LogP) is 4.81. The number of nitrogens with zero attached hydrogens (tertiary/aromatic N) is 1. The average Bonchev–Trinajstić information content (AvgIpc) is 3.33. The quantitative estimate of drug-likeness (QED) is 0.560. The summed E-state index contributed by atoms with van der Waals surface area (Å²) in [5.74, 6) is 1.41. The number of fused-ring (bicyclic) bond motifs is 1. The molecule has 0 aliphatic carbocycles. The van der Waals surface area contributed by atoms with Crippen molar-refractivity contribution in [2.75, 3.05) is 31.2 Å². The molecule has 1 fully saturated rings. The molecule has 0 radical (unpaired) electrons. The molecule has 0 spiro atoms. The topological polar surface area (TPSA) is 48.0 Å². The van der Waals surface area contributed by atoms with Crippen molar-refractivity contribution < 1.29 is 19.0 Å². The highest BCUT2D eigenvalue weighted by Crippen LogP contribution is 2.33. The second kappa shape index (κ2) is 8.72. The Bertz CT molecular complexity index is 1070.